The topological polar surface area (TPSA) is 17.1 Å². The molecule has 1 heterocycles. The number of halogens is 6. The summed E-state index contributed by atoms with van der Waals surface area (Å²) in [7, 11) is 0. The van der Waals surface area contributed by atoms with Crippen LogP contribution in [0.15, 0.2) is 15.9 Å². The Morgan fingerprint density at radius 1 is 1.25 bits per heavy atom. The molecular weight excluding hydrogens is 319 g/mol. The fourth-order valence-corrected chi connectivity index (χ4v) is 2.36. The molecule has 0 aliphatic heterocycles. The summed E-state index contributed by atoms with van der Waals surface area (Å²) in [6.45, 7) is 0. The van der Waals surface area contributed by atoms with Crippen molar-refractivity contribution in [1.29, 1.82) is 0 Å². The maximum absolute atomic E-state index is 12.5. The van der Waals surface area contributed by atoms with Gasteiger partial charge in [-0.15, -0.1) is 11.3 Å². The molecule has 0 aromatic carbocycles. The molecule has 1 aromatic rings. The summed E-state index contributed by atoms with van der Waals surface area (Å²) < 4.78 is 61.1. The molecule has 0 unspecified atom stereocenters. The molecule has 0 fully saturated rings. The Hall–Kier alpha value is -0.500. The normalized spacial score (nSPS) is 12.9. The van der Waals surface area contributed by atoms with Gasteiger partial charge in [0.1, 0.15) is 0 Å². The third-order valence-corrected chi connectivity index (χ3v) is 3.29. The largest absolute Gasteiger partial charge is 0.461 e. The Balaban J connectivity index is 2.80. The van der Waals surface area contributed by atoms with Crippen molar-refractivity contribution in [1.82, 2.24) is 0 Å². The molecule has 8 heteroatoms. The van der Waals surface area contributed by atoms with Gasteiger partial charge in [0.05, 0.1) is 3.79 Å². The van der Waals surface area contributed by atoms with Gasteiger partial charge in [0.25, 0.3) is 0 Å². The second kappa shape index (κ2) is 4.40. The molecular formula is C8H4BrF5OS. The number of Topliss-reactive ketones (excluding diaryl/α,β-unsaturated/α-hetero) is 1. The first-order valence-electron chi connectivity index (χ1n) is 3.86. The van der Waals surface area contributed by atoms with E-state index in [9.17, 15) is 26.7 Å². The van der Waals surface area contributed by atoms with Crippen molar-refractivity contribution in [2.24, 2.45) is 0 Å². The average molecular weight is 323 g/mol. The monoisotopic (exact) mass is 322 g/mol. The third kappa shape index (κ3) is 2.79. The first-order valence-corrected chi connectivity index (χ1v) is 5.47. The van der Waals surface area contributed by atoms with Crippen LogP contribution in [0.4, 0.5) is 22.0 Å². The quantitative estimate of drug-likeness (QED) is 0.773. The fraction of sp³-hybridized carbons (Fsp3) is 0.375. The van der Waals surface area contributed by atoms with Crippen LogP contribution >= 0.6 is 27.3 Å². The summed E-state index contributed by atoms with van der Waals surface area (Å²) in [5.41, 5.74) is 0. The van der Waals surface area contributed by atoms with Gasteiger partial charge in [-0.1, -0.05) is 0 Å². The third-order valence-electron chi connectivity index (χ3n) is 1.67. The molecule has 0 saturated carbocycles. The molecule has 1 rings (SSSR count). The zero-order valence-electron chi connectivity index (χ0n) is 7.45. The molecule has 1 aromatic heterocycles. The molecule has 0 atom stereocenters. The summed E-state index contributed by atoms with van der Waals surface area (Å²) in [6, 6.07) is 2.79. The second-order valence-corrected chi connectivity index (χ2v) is 5.43. The van der Waals surface area contributed by atoms with Crippen molar-refractivity contribution < 1.29 is 26.7 Å². The molecule has 0 aliphatic carbocycles. The fourth-order valence-electron chi connectivity index (χ4n) is 0.874. The van der Waals surface area contributed by atoms with E-state index in [1.165, 1.54) is 12.1 Å². The summed E-state index contributed by atoms with van der Waals surface area (Å²) in [6.07, 6.45) is -6.76. The van der Waals surface area contributed by atoms with E-state index in [0.717, 1.165) is 11.3 Å². The van der Waals surface area contributed by atoms with Crippen LogP contribution in [0.3, 0.4) is 0 Å². The SMILES string of the molecule is O=C(Cc1ccc(Br)s1)C(F)(F)C(F)(F)F. The number of alkyl halides is 5. The number of carbonyl (C=O) groups excluding carboxylic acids is 1. The number of carbonyl (C=O) groups is 1. The first kappa shape index (κ1) is 13.6. The van der Waals surface area contributed by atoms with E-state index < -0.39 is 24.3 Å². The highest BCUT2D eigenvalue weighted by Crippen LogP contribution is 2.37. The highest BCUT2D eigenvalue weighted by molar-refractivity contribution is 9.11. The molecule has 0 N–H and O–H groups in total. The first-order chi connectivity index (χ1) is 7.14. The minimum Gasteiger partial charge on any atom is -0.292 e. The number of rotatable bonds is 3. The summed E-state index contributed by atoms with van der Waals surface area (Å²) in [4.78, 5) is 11.0. The zero-order chi connectivity index (χ0) is 12.6. The van der Waals surface area contributed by atoms with Gasteiger partial charge in [-0.25, -0.2) is 0 Å². The number of hydrogen-bond donors (Lipinski definition) is 0. The van der Waals surface area contributed by atoms with Crippen molar-refractivity contribution >= 4 is 33.0 Å². The number of hydrogen-bond acceptors (Lipinski definition) is 2. The number of thiophene rings is 1. The van der Waals surface area contributed by atoms with Crippen LogP contribution in [-0.2, 0) is 11.2 Å². The summed E-state index contributed by atoms with van der Waals surface area (Å²) in [5.74, 6) is -7.43. The van der Waals surface area contributed by atoms with Gasteiger partial charge in [-0.2, -0.15) is 22.0 Å². The van der Waals surface area contributed by atoms with Crippen LogP contribution in [0.5, 0.6) is 0 Å². The molecule has 0 bridgehead atoms. The Morgan fingerprint density at radius 2 is 1.81 bits per heavy atom. The highest BCUT2D eigenvalue weighted by Gasteiger charge is 2.62. The lowest BCUT2D eigenvalue weighted by Crippen LogP contribution is -2.44. The van der Waals surface area contributed by atoms with Crippen molar-refractivity contribution in [3.8, 4) is 0 Å². The average Bonchev–Trinajstić information content (AvgIpc) is 2.49. The summed E-state index contributed by atoms with van der Waals surface area (Å²) in [5, 5.41) is 0. The lowest BCUT2D eigenvalue weighted by atomic mass is 10.1. The van der Waals surface area contributed by atoms with Gasteiger partial charge < -0.3 is 0 Å². The minimum atomic E-state index is -5.83. The van der Waals surface area contributed by atoms with Crippen LogP contribution in [0.25, 0.3) is 0 Å². The lowest BCUT2D eigenvalue weighted by Gasteiger charge is -2.17. The molecule has 1 nitrogen and oxygen atoms in total. The molecule has 0 amide bonds. The van der Waals surface area contributed by atoms with E-state index in [1.54, 1.807) is 0 Å². The van der Waals surface area contributed by atoms with Crippen LogP contribution in [0.1, 0.15) is 4.88 Å². The van der Waals surface area contributed by atoms with Gasteiger partial charge in [0.15, 0.2) is 0 Å². The van der Waals surface area contributed by atoms with Crippen LogP contribution in [0.2, 0.25) is 0 Å². The van der Waals surface area contributed by atoms with Gasteiger partial charge in [-0.3, -0.25) is 4.79 Å². The predicted molar refractivity (Wildman–Crippen MR) is 51.7 cm³/mol. The van der Waals surface area contributed by atoms with Crippen LogP contribution < -0.4 is 0 Å². The van der Waals surface area contributed by atoms with E-state index in [0.29, 0.717) is 3.79 Å². The van der Waals surface area contributed by atoms with Crippen molar-refractivity contribution in [3.05, 3.63) is 20.8 Å². The van der Waals surface area contributed by atoms with Crippen molar-refractivity contribution in [2.45, 2.75) is 18.5 Å². The van der Waals surface area contributed by atoms with Gasteiger partial charge in [0.2, 0.25) is 5.78 Å². The Morgan fingerprint density at radius 3 is 2.19 bits per heavy atom. The molecule has 90 valence electrons. The molecule has 0 spiro atoms. The standard InChI is InChI=1S/C8H4BrF5OS/c9-6-2-1-4(16-6)3-5(15)7(10,11)8(12,13)14/h1-2H,3H2. The molecule has 16 heavy (non-hydrogen) atoms. The van der Waals surface area contributed by atoms with Gasteiger partial charge in [0, 0.05) is 11.3 Å². The van der Waals surface area contributed by atoms with Crippen LogP contribution in [-0.4, -0.2) is 17.9 Å². The molecule has 0 radical (unpaired) electrons. The van der Waals surface area contributed by atoms with E-state index >= 15 is 0 Å². The minimum absolute atomic E-state index is 0.154. The van der Waals surface area contributed by atoms with E-state index in [2.05, 4.69) is 15.9 Å². The maximum Gasteiger partial charge on any atom is 0.461 e. The zero-order valence-corrected chi connectivity index (χ0v) is 9.85. The Kier molecular flexibility index (Phi) is 3.73. The van der Waals surface area contributed by atoms with Crippen LogP contribution in [0, 0.1) is 0 Å². The second-order valence-electron chi connectivity index (χ2n) is 2.88. The Bertz CT molecular complexity index is 397. The maximum atomic E-state index is 12.5. The van der Waals surface area contributed by atoms with E-state index in [4.69, 9.17) is 0 Å². The molecule has 0 saturated heterocycles. The van der Waals surface area contributed by atoms with E-state index in [-0.39, 0.29) is 4.88 Å². The van der Waals surface area contributed by atoms with Gasteiger partial charge >= 0.3 is 12.1 Å². The lowest BCUT2D eigenvalue weighted by molar-refractivity contribution is -0.268. The predicted octanol–water partition coefficient (Wildman–Crippen LogP) is 3.82. The Labute approximate surface area is 99.4 Å². The van der Waals surface area contributed by atoms with Gasteiger partial charge in [-0.05, 0) is 28.1 Å². The highest BCUT2D eigenvalue weighted by atomic mass is 79.9. The van der Waals surface area contributed by atoms with E-state index in [1.807, 2.05) is 0 Å². The molecule has 0 aliphatic rings. The van der Waals surface area contributed by atoms with Crippen molar-refractivity contribution in [2.75, 3.05) is 0 Å². The smallest absolute Gasteiger partial charge is 0.292 e. The summed E-state index contributed by atoms with van der Waals surface area (Å²) >= 11 is 3.95. The van der Waals surface area contributed by atoms with Crippen molar-refractivity contribution in [3.63, 3.8) is 0 Å². The number of ketones is 1.